The number of hydrogen-bond donors (Lipinski definition) is 2. The maximum atomic E-state index is 11.7. The number of halogens is 1. The maximum Gasteiger partial charge on any atom is 0.221 e. The molecule has 0 radical (unpaired) electrons. The van der Waals surface area contributed by atoms with Crippen LogP contribution in [0.3, 0.4) is 0 Å². The molecule has 1 amide bonds. The van der Waals surface area contributed by atoms with Gasteiger partial charge >= 0.3 is 0 Å². The van der Waals surface area contributed by atoms with Gasteiger partial charge in [0.1, 0.15) is 0 Å². The first-order valence-corrected chi connectivity index (χ1v) is 7.96. The topological polar surface area (TPSA) is 50.4 Å². The van der Waals surface area contributed by atoms with Crippen LogP contribution >= 0.6 is 12.4 Å². The summed E-state index contributed by atoms with van der Waals surface area (Å²) in [6, 6.07) is 0.391. The maximum absolute atomic E-state index is 11.7. The molecule has 0 aromatic heterocycles. The molecule has 118 valence electrons. The zero-order valence-corrected chi connectivity index (χ0v) is 13.2. The highest BCUT2D eigenvalue weighted by Gasteiger charge is 2.17. The summed E-state index contributed by atoms with van der Waals surface area (Å²) >= 11 is 0. The van der Waals surface area contributed by atoms with Crippen LogP contribution < -0.4 is 10.6 Å². The van der Waals surface area contributed by atoms with E-state index in [9.17, 15) is 4.79 Å². The van der Waals surface area contributed by atoms with Gasteiger partial charge in [0.05, 0.1) is 12.7 Å². The molecule has 0 spiro atoms. The van der Waals surface area contributed by atoms with E-state index in [1.54, 1.807) is 0 Å². The van der Waals surface area contributed by atoms with Gasteiger partial charge in [-0.3, -0.25) is 4.79 Å². The zero-order chi connectivity index (χ0) is 13.3. The molecule has 1 atom stereocenters. The van der Waals surface area contributed by atoms with Gasteiger partial charge in [0.15, 0.2) is 0 Å². The Bertz CT molecular complexity index is 263. The van der Waals surface area contributed by atoms with Crippen molar-refractivity contribution in [2.45, 2.75) is 69.9 Å². The number of amides is 1. The average Bonchev–Trinajstić information content (AvgIpc) is 2.76. The molecule has 1 saturated heterocycles. The van der Waals surface area contributed by atoms with E-state index < -0.39 is 0 Å². The second-order valence-electron chi connectivity index (χ2n) is 5.83. The summed E-state index contributed by atoms with van der Waals surface area (Å²) < 4.78 is 5.85. The molecule has 1 aliphatic carbocycles. The van der Waals surface area contributed by atoms with E-state index in [0.29, 0.717) is 31.7 Å². The van der Waals surface area contributed by atoms with E-state index in [0.717, 1.165) is 13.0 Å². The van der Waals surface area contributed by atoms with E-state index in [-0.39, 0.29) is 18.3 Å². The lowest BCUT2D eigenvalue weighted by Gasteiger charge is -2.16. The van der Waals surface area contributed by atoms with Crippen molar-refractivity contribution in [1.29, 1.82) is 0 Å². The van der Waals surface area contributed by atoms with Crippen molar-refractivity contribution in [1.82, 2.24) is 10.6 Å². The number of carbonyl (C=O) groups is 1. The molecule has 2 N–H and O–H groups in total. The van der Waals surface area contributed by atoms with E-state index in [1.807, 2.05) is 0 Å². The molecule has 4 nitrogen and oxygen atoms in total. The summed E-state index contributed by atoms with van der Waals surface area (Å²) in [6.07, 6.45) is 11.1. The molecule has 1 saturated carbocycles. The van der Waals surface area contributed by atoms with Gasteiger partial charge < -0.3 is 15.4 Å². The van der Waals surface area contributed by atoms with Crippen molar-refractivity contribution in [2.75, 3.05) is 19.7 Å². The zero-order valence-electron chi connectivity index (χ0n) is 12.4. The molecule has 0 aromatic carbocycles. The summed E-state index contributed by atoms with van der Waals surface area (Å²) in [7, 11) is 0. The van der Waals surface area contributed by atoms with E-state index in [4.69, 9.17) is 4.74 Å². The fraction of sp³-hybridized carbons (Fsp3) is 0.933. The first-order valence-electron chi connectivity index (χ1n) is 7.96. The molecule has 2 rings (SSSR count). The lowest BCUT2D eigenvalue weighted by Crippen LogP contribution is -2.34. The smallest absolute Gasteiger partial charge is 0.221 e. The highest BCUT2D eigenvalue weighted by Crippen LogP contribution is 2.19. The molecule has 1 heterocycles. The number of rotatable bonds is 6. The Morgan fingerprint density at radius 3 is 2.50 bits per heavy atom. The van der Waals surface area contributed by atoms with Crippen LogP contribution in [0, 0.1) is 0 Å². The number of carbonyl (C=O) groups excluding carboxylic acids is 1. The van der Waals surface area contributed by atoms with Crippen molar-refractivity contribution in [3.63, 3.8) is 0 Å². The Morgan fingerprint density at radius 2 is 1.85 bits per heavy atom. The average molecular weight is 305 g/mol. The predicted octanol–water partition coefficient (Wildman–Crippen LogP) is 2.41. The van der Waals surface area contributed by atoms with E-state index >= 15 is 0 Å². The second kappa shape index (κ2) is 10.4. The van der Waals surface area contributed by atoms with Crippen LogP contribution in [0.15, 0.2) is 0 Å². The van der Waals surface area contributed by atoms with Gasteiger partial charge in [-0.05, 0) is 32.2 Å². The minimum atomic E-state index is 0. The Hall–Kier alpha value is -0.320. The molecule has 0 aromatic rings. The third kappa shape index (κ3) is 6.91. The van der Waals surface area contributed by atoms with E-state index in [1.165, 1.54) is 44.9 Å². The van der Waals surface area contributed by atoms with Crippen molar-refractivity contribution >= 4 is 18.3 Å². The van der Waals surface area contributed by atoms with Crippen LogP contribution in [0.1, 0.15) is 57.8 Å². The van der Waals surface area contributed by atoms with Crippen molar-refractivity contribution in [3.8, 4) is 0 Å². The highest BCUT2D eigenvalue weighted by molar-refractivity contribution is 5.85. The molecule has 0 bridgehead atoms. The molecule has 20 heavy (non-hydrogen) atoms. The third-order valence-electron chi connectivity index (χ3n) is 4.17. The van der Waals surface area contributed by atoms with Gasteiger partial charge in [-0.2, -0.15) is 0 Å². The quantitative estimate of drug-likeness (QED) is 0.585. The molecule has 5 heteroatoms. The predicted molar refractivity (Wildman–Crippen MR) is 83.3 cm³/mol. The fourth-order valence-electron chi connectivity index (χ4n) is 3.05. The van der Waals surface area contributed by atoms with Gasteiger partial charge in [0, 0.05) is 19.0 Å². The standard InChI is InChI=1S/C15H28N2O2.ClH/c18-15(12-13-6-5-9-16-13)17-10-11-19-14-7-3-1-2-4-8-14;/h13-14,16H,1-12H2,(H,17,18);1H. The van der Waals surface area contributed by atoms with Gasteiger partial charge in [-0.25, -0.2) is 0 Å². The molecule has 2 aliphatic rings. The second-order valence-corrected chi connectivity index (χ2v) is 5.83. The molecular weight excluding hydrogens is 276 g/mol. The Balaban J connectivity index is 0.00000200. The van der Waals surface area contributed by atoms with Crippen LogP contribution in [0.2, 0.25) is 0 Å². The summed E-state index contributed by atoms with van der Waals surface area (Å²) in [4.78, 5) is 11.7. The van der Waals surface area contributed by atoms with Gasteiger partial charge in [-0.15, -0.1) is 12.4 Å². The normalized spacial score (nSPS) is 23.9. The lowest BCUT2D eigenvalue weighted by atomic mass is 10.1. The molecule has 1 unspecified atom stereocenters. The van der Waals surface area contributed by atoms with Gasteiger partial charge in [0.25, 0.3) is 0 Å². The Morgan fingerprint density at radius 1 is 1.10 bits per heavy atom. The summed E-state index contributed by atoms with van der Waals surface area (Å²) in [5.74, 6) is 0.156. The lowest BCUT2D eigenvalue weighted by molar-refractivity contribution is -0.121. The van der Waals surface area contributed by atoms with Gasteiger partial charge in [0.2, 0.25) is 5.91 Å². The first-order chi connectivity index (χ1) is 9.34. The molecule has 2 fully saturated rings. The molecular formula is C15H29ClN2O2. The Kier molecular flexibility index (Phi) is 9.23. The number of ether oxygens (including phenoxy) is 1. The summed E-state index contributed by atoms with van der Waals surface area (Å²) in [6.45, 7) is 2.37. The number of nitrogens with one attached hydrogen (secondary N) is 2. The Labute approximate surface area is 128 Å². The van der Waals surface area contributed by atoms with Crippen LogP contribution in [-0.2, 0) is 9.53 Å². The van der Waals surface area contributed by atoms with Crippen LogP contribution in [0.5, 0.6) is 0 Å². The van der Waals surface area contributed by atoms with Gasteiger partial charge in [-0.1, -0.05) is 25.7 Å². The minimum Gasteiger partial charge on any atom is -0.376 e. The van der Waals surface area contributed by atoms with Crippen molar-refractivity contribution < 1.29 is 9.53 Å². The monoisotopic (exact) mass is 304 g/mol. The minimum absolute atomic E-state index is 0. The fourth-order valence-corrected chi connectivity index (χ4v) is 3.05. The van der Waals surface area contributed by atoms with Crippen LogP contribution in [-0.4, -0.2) is 37.7 Å². The van der Waals surface area contributed by atoms with Crippen molar-refractivity contribution in [2.24, 2.45) is 0 Å². The SMILES string of the molecule is Cl.O=C(CC1CCCN1)NCCOC1CCCCCC1. The van der Waals surface area contributed by atoms with Crippen LogP contribution in [0.4, 0.5) is 0 Å². The summed E-state index contributed by atoms with van der Waals surface area (Å²) in [5.41, 5.74) is 0. The van der Waals surface area contributed by atoms with Crippen LogP contribution in [0.25, 0.3) is 0 Å². The summed E-state index contributed by atoms with van der Waals surface area (Å²) in [5, 5.41) is 6.31. The largest absolute Gasteiger partial charge is 0.376 e. The third-order valence-corrected chi connectivity index (χ3v) is 4.17. The first kappa shape index (κ1) is 17.7. The highest BCUT2D eigenvalue weighted by atomic mass is 35.5. The number of hydrogen-bond acceptors (Lipinski definition) is 3. The van der Waals surface area contributed by atoms with Crippen molar-refractivity contribution in [3.05, 3.63) is 0 Å². The molecule has 1 aliphatic heterocycles. The van der Waals surface area contributed by atoms with E-state index in [2.05, 4.69) is 10.6 Å².